The van der Waals surface area contributed by atoms with Gasteiger partial charge >= 0.3 is 0 Å². The normalized spacial score (nSPS) is 23.0. The maximum atomic E-state index is 12.9. The molecular weight excluding hydrogens is 332 g/mol. The summed E-state index contributed by atoms with van der Waals surface area (Å²) in [7, 11) is 1.61. The largest absolute Gasteiger partial charge is 0.497 e. The van der Waals surface area contributed by atoms with Gasteiger partial charge in [0.2, 0.25) is 0 Å². The molecule has 7 heteroatoms. The fourth-order valence-corrected chi connectivity index (χ4v) is 3.44. The van der Waals surface area contributed by atoms with Crippen LogP contribution in [0.4, 0.5) is 0 Å². The number of nitrogens with one attached hydrogen (secondary N) is 1. The Hall–Kier alpha value is -1.76. The summed E-state index contributed by atoms with van der Waals surface area (Å²) in [5.74, 6) is 1.06. The van der Waals surface area contributed by atoms with Gasteiger partial charge in [-0.3, -0.25) is 4.79 Å². The van der Waals surface area contributed by atoms with Crippen molar-refractivity contribution in [2.75, 3.05) is 33.4 Å². The van der Waals surface area contributed by atoms with Crippen molar-refractivity contribution in [3.05, 3.63) is 29.5 Å². The van der Waals surface area contributed by atoms with Crippen molar-refractivity contribution < 1.29 is 18.7 Å². The van der Waals surface area contributed by atoms with Crippen LogP contribution in [0.25, 0.3) is 11.0 Å². The van der Waals surface area contributed by atoms with Gasteiger partial charge in [-0.15, -0.1) is 12.4 Å². The fraction of sp³-hybridized carbons (Fsp3) is 0.471. The minimum atomic E-state index is -0.0718. The monoisotopic (exact) mass is 352 g/mol. The van der Waals surface area contributed by atoms with Crippen molar-refractivity contribution in [1.29, 1.82) is 0 Å². The van der Waals surface area contributed by atoms with Gasteiger partial charge < -0.3 is 24.1 Å². The number of morpholine rings is 1. The first-order valence-electron chi connectivity index (χ1n) is 7.89. The van der Waals surface area contributed by atoms with Crippen LogP contribution in [0.1, 0.15) is 16.1 Å². The van der Waals surface area contributed by atoms with Crippen LogP contribution in [0.15, 0.2) is 22.6 Å². The minimum absolute atomic E-state index is 0. The molecule has 1 aromatic heterocycles. The SMILES string of the molecule is COc1ccc2c(C)c(C(=O)N3C[C@@H]4NCCO[C@H]4C3)oc2c1.Cl. The molecule has 24 heavy (non-hydrogen) atoms. The Bertz CT molecular complexity index is 746. The van der Waals surface area contributed by atoms with E-state index in [2.05, 4.69) is 5.32 Å². The van der Waals surface area contributed by atoms with E-state index >= 15 is 0 Å². The van der Waals surface area contributed by atoms with Crippen LogP contribution in [0.2, 0.25) is 0 Å². The first kappa shape index (κ1) is 17.1. The number of hydrogen-bond donors (Lipinski definition) is 1. The van der Waals surface area contributed by atoms with Crippen molar-refractivity contribution in [2.45, 2.75) is 19.1 Å². The lowest BCUT2D eigenvalue weighted by atomic mass is 10.1. The van der Waals surface area contributed by atoms with Crippen molar-refractivity contribution in [3.8, 4) is 5.75 Å². The van der Waals surface area contributed by atoms with Crippen LogP contribution < -0.4 is 10.1 Å². The average molecular weight is 353 g/mol. The topological polar surface area (TPSA) is 63.9 Å². The molecule has 3 heterocycles. The van der Waals surface area contributed by atoms with Crippen LogP contribution in [0, 0.1) is 6.92 Å². The van der Waals surface area contributed by atoms with E-state index in [-0.39, 0.29) is 30.5 Å². The Balaban J connectivity index is 0.00000169. The molecule has 2 aromatic rings. The summed E-state index contributed by atoms with van der Waals surface area (Å²) >= 11 is 0. The molecule has 1 amide bonds. The molecule has 2 saturated heterocycles. The zero-order valence-corrected chi connectivity index (χ0v) is 14.5. The van der Waals surface area contributed by atoms with Crippen molar-refractivity contribution in [1.82, 2.24) is 10.2 Å². The van der Waals surface area contributed by atoms with Crippen molar-refractivity contribution >= 4 is 29.3 Å². The molecule has 1 N–H and O–H groups in total. The molecule has 0 spiro atoms. The lowest BCUT2D eigenvalue weighted by Gasteiger charge is -2.25. The van der Waals surface area contributed by atoms with E-state index in [4.69, 9.17) is 13.9 Å². The molecule has 0 saturated carbocycles. The molecule has 4 rings (SSSR count). The number of methoxy groups -OCH3 is 1. The highest BCUT2D eigenvalue weighted by Crippen LogP contribution is 2.30. The van der Waals surface area contributed by atoms with Crippen LogP contribution in [-0.4, -0.2) is 56.3 Å². The van der Waals surface area contributed by atoms with Gasteiger partial charge in [0.15, 0.2) is 5.76 Å². The average Bonchev–Trinajstić information content (AvgIpc) is 3.15. The smallest absolute Gasteiger partial charge is 0.290 e. The molecule has 2 aliphatic rings. The number of fused-ring (bicyclic) bond motifs is 2. The first-order valence-corrected chi connectivity index (χ1v) is 7.89. The number of ether oxygens (including phenoxy) is 2. The van der Waals surface area contributed by atoms with E-state index < -0.39 is 0 Å². The van der Waals surface area contributed by atoms with Gasteiger partial charge in [-0.1, -0.05) is 0 Å². The van der Waals surface area contributed by atoms with E-state index in [1.807, 2.05) is 30.0 Å². The summed E-state index contributed by atoms with van der Waals surface area (Å²) in [6.45, 7) is 4.72. The van der Waals surface area contributed by atoms with Gasteiger partial charge in [-0.25, -0.2) is 0 Å². The highest BCUT2D eigenvalue weighted by molar-refractivity contribution is 5.99. The summed E-state index contributed by atoms with van der Waals surface area (Å²) in [6, 6.07) is 5.84. The maximum absolute atomic E-state index is 12.9. The summed E-state index contributed by atoms with van der Waals surface area (Å²) in [6.07, 6.45) is 0.0810. The van der Waals surface area contributed by atoms with Crippen LogP contribution in [0.5, 0.6) is 5.75 Å². The summed E-state index contributed by atoms with van der Waals surface area (Å²) in [5, 5.41) is 4.35. The van der Waals surface area contributed by atoms with E-state index in [1.54, 1.807) is 7.11 Å². The van der Waals surface area contributed by atoms with E-state index in [1.165, 1.54) is 0 Å². The number of carbonyl (C=O) groups excluding carboxylic acids is 1. The van der Waals surface area contributed by atoms with E-state index in [0.29, 0.717) is 31.0 Å². The van der Waals surface area contributed by atoms with Gasteiger partial charge in [0.1, 0.15) is 11.3 Å². The third-order valence-electron chi connectivity index (χ3n) is 4.73. The van der Waals surface area contributed by atoms with Gasteiger partial charge in [0.05, 0.1) is 25.9 Å². The number of amides is 1. The van der Waals surface area contributed by atoms with Gasteiger partial charge in [0.25, 0.3) is 5.91 Å². The molecule has 0 aliphatic carbocycles. The molecule has 6 nitrogen and oxygen atoms in total. The second-order valence-electron chi connectivity index (χ2n) is 6.10. The predicted molar refractivity (Wildman–Crippen MR) is 92.2 cm³/mol. The Morgan fingerprint density at radius 1 is 1.38 bits per heavy atom. The lowest BCUT2D eigenvalue weighted by Crippen LogP contribution is -2.47. The second kappa shape index (κ2) is 6.63. The molecular formula is C17H21ClN2O4. The molecule has 130 valence electrons. The quantitative estimate of drug-likeness (QED) is 0.895. The predicted octanol–water partition coefficient (Wildman–Crippen LogP) is 1.98. The third-order valence-corrected chi connectivity index (χ3v) is 4.73. The number of furan rings is 1. The van der Waals surface area contributed by atoms with Gasteiger partial charge in [-0.2, -0.15) is 0 Å². The number of benzene rings is 1. The van der Waals surface area contributed by atoms with E-state index in [0.717, 1.165) is 23.2 Å². The van der Waals surface area contributed by atoms with Gasteiger partial charge in [0, 0.05) is 36.7 Å². The van der Waals surface area contributed by atoms with Crippen molar-refractivity contribution in [3.63, 3.8) is 0 Å². The Kier molecular flexibility index (Phi) is 4.71. The summed E-state index contributed by atoms with van der Waals surface area (Å²) < 4.78 is 16.8. The maximum Gasteiger partial charge on any atom is 0.290 e. The van der Waals surface area contributed by atoms with Crippen molar-refractivity contribution in [2.24, 2.45) is 0 Å². The number of aryl methyl sites for hydroxylation is 1. The second-order valence-corrected chi connectivity index (χ2v) is 6.10. The van der Waals surface area contributed by atoms with Crippen LogP contribution >= 0.6 is 12.4 Å². The standard InChI is InChI=1S/C17H20N2O4.ClH/c1-10-12-4-3-11(21-2)7-14(12)23-16(10)17(20)19-8-13-15(9-19)22-6-5-18-13;/h3-4,7,13,15,18H,5-6,8-9H2,1-2H3;1H/t13-,15-;/m0./s1. The third kappa shape index (κ3) is 2.75. The number of likely N-dealkylation sites (tertiary alicyclic amines) is 1. The minimum Gasteiger partial charge on any atom is -0.497 e. The molecule has 2 atom stereocenters. The Morgan fingerprint density at radius 2 is 2.21 bits per heavy atom. The zero-order valence-electron chi connectivity index (χ0n) is 13.7. The van der Waals surface area contributed by atoms with Crippen LogP contribution in [0.3, 0.4) is 0 Å². The number of halogens is 1. The lowest BCUT2D eigenvalue weighted by molar-refractivity contribution is 0.0175. The van der Waals surface area contributed by atoms with E-state index in [9.17, 15) is 4.79 Å². The Labute approximate surface area is 146 Å². The highest BCUT2D eigenvalue weighted by atomic mass is 35.5. The molecule has 1 aromatic carbocycles. The molecule has 2 fully saturated rings. The Morgan fingerprint density at radius 3 is 2.96 bits per heavy atom. The number of hydrogen-bond acceptors (Lipinski definition) is 5. The molecule has 2 aliphatic heterocycles. The van der Waals surface area contributed by atoms with Gasteiger partial charge in [-0.05, 0) is 19.1 Å². The summed E-state index contributed by atoms with van der Waals surface area (Å²) in [5.41, 5.74) is 1.55. The summed E-state index contributed by atoms with van der Waals surface area (Å²) in [4.78, 5) is 14.7. The molecule has 0 unspecified atom stereocenters. The first-order chi connectivity index (χ1) is 11.2. The fourth-order valence-electron chi connectivity index (χ4n) is 3.44. The number of rotatable bonds is 2. The zero-order chi connectivity index (χ0) is 16.0. The number of nitrogens with zero attached hydrogens (tertiary/aromatic N) is 1. The molecule has 0 radical (unpaired) electrons. The number of carbonyl (C=O) groups is 1. The molecule has 0 bridgehead atoms. The van der Waals surface area contributed by atoms with Crippen LogP contribution in [-0.2, 0) is 4.74 Å². The highest BCUT2D eigenvalue weighted by Gasteiger charge is 2.39.